The van der Waals surface area contributed by atoms with Crippen molar-refractivity contribution in [2.45, 2.75) is 38.8 Å². The summed E-state index contributed by atoms with van der Waals surface area (Å²) in [5.74, 6) is 0.653. The van der Waals surface area contributed by atoms with E-state index in [1.807, 2.05) is 13.0 Å². The van der Waals surface area contributed by atoms with Crippen LogP contribution in [0.5, 0.6) is 5.88 Å². The Kier molecular flexibility index (Phi) is 4.62. The first-order valence-electron chi connectivity index (χ1n) is 7.04. The number of β-amino-alcohol motifs (C(OH)–C–C–N with tert-alkyl or cyclic N) is 1. The fourth-order valence-corrected chi connectivity index (χ4v) is 2.88. The van der Waals surface area contributed by atoms with Crippen LogP contribution in [0.4, 0.5) is 0 Å². The van der Waals surface area contributed by atoms with Gasteiger partial charge in [0.25, 0.3) is 0 Å². The third-order valence-corrected chi connectivity index (χ3v) is 3.94. The van der Waals surface area contributed by atoms with E-state index >= 15 is 0 Å². The molecule has 5 nitrogen and oxygen atoms in total. The second kappa shape index (κ2) is 6.08. The van der Waals surface area contributed by atoms with Gasteiger partial charge in [0.2, 0.25) is 5.88 Å². The van der Waals surface area contributed by atoms with Crippen LogP contribution in [0.15, 0.2) is 6.07 Å². The van der Waals surface area contributed by atoms with Gasteiger partial charge >= 0.3 is 0 Å². The van der Waals surface area contributed by atoms with Crippen molar-refractivity contribution in [3.05, 3.63) is 22.9 Å². The molecule has 0 aliphatic carbocycles. The Morgan fingerprint density at radius 1 is 1.45 bits per heavy atom. The van der Waals surface area contributed by atoms with Gasteiger partial charge in [0.05, 0.1) is 13.7 Å². The lowest BCUT2D eigenvalue weighted by Crippen LogP contribution is -2.50. The normalized spacial score (nSPS) is 23.9. The number of nitrogens with zero attached hydrogens (tertiary/aromatic N) is 2. The van der Waals surface area contributed by atoms with E-state index in [-0.39, 0.29) is 6.61 Å². The monoisotopic (exact) mass is 280 g/mol. The molecule has 0 radical (unpaired) electrons. The quantitative estimate of drug-likeness (QED) is 0.862. The first kappa shape index (κ1) is 15.2. The Bertz CT molecular complexity index is 478. The van der Waals surface area contributed by atoms with Crippen molar-refractivity contribution in [2.24, 2.45) is 0 Å². The van der Waals surface area contributed by atoms with Crippen LogP contribution in [0.1, 0.15) is 29.7 Å². The van der Waals surface area contributed by atoms with Crippen LogP contribution in [0.25, 0.3) is 0 Å². The van der Waals surface area contributed by atoms with E-state index in [0.29, 0.717) is 25.4 Å². The third kappa shape index (κ3) is 3.29. The van der Waals surface area contributed by atoms with Gasteiger partial charge in [-0.2, -0.15) is 0 Å². The van der Waals surface area contributed by atoms with Gasteiger partial charge in [0, 0.05) is 24.3 Å². The molecule has 0 aromatic carbocycles. The fourth-order valence-electron chi connectivity index (χ4n) is 2.88. The predicted octanol–water partition coefficient (Wildman–Crippen LogP) is 1.03. The van der Waals surface area contributed by atoms with Gasteiger partial charge in [-0.15, -0.1) is 0 Å². The molecule has 2 heterocycles. The summed E-state index contributed by atoms with van der Waals surface area (Å²) in [6, 6.07) is 2.04. The standard InChI is InChI=1S/C15H24N2O3/c1-11-7-12(2)16-14(20-3)13(11)8-17-6-4-5-15(19,9-17)10-18/h7,18-19H,4-6,8-10H2,1-3H3. The Hall–Kier alpha value is -1.17. The molecule has 0 bridgehead atoms. The molecule has 20 heavy (non-hydrogen) atoms. The Labute approximate surface area is 120 Å². The molecule has 1 saturated heterocycles. The summed E-state index contributed by atoms with van der Waals surface area (Å²) in [5, 5.41) is 19.5. The summed E-state index contributed by atoms with van der Waals surface area (Å²) < 4.78 is 5.38. The topological polar surface area (TPSA) is 65.8 Å². The zero-order valence-corrected chi connectivity index (χ0v) is 12.5. The molecule has 1 aromatic rings. The molecular formula is C15H24N2O3. The van der Waals surface area contributed by atoms with Crippen LogP contribution in [0.2, 0.25) is 0 Å². The molecule has 1 aromatic heterocycles. The largest absolute Gasteiger partial charge is 0.481 e. The molecular weight excluding hydrogens is 256 g/mol. The second-order valence-electron chi connectivity index (χ2n) is 5.77. The number of rotatable bonds is 4. The second-order valence-corrected chi connectivity index (χ2v) is 5.77. The fraction of sp³-hybridized carbons (Fsp3) is 0.667. The van der Waals surface area contributed by atoms with E-state index in [4.69, 9.17) is 4.74 Å². The molecule has 1 unspecified atom stereocenters. The number of likely N-dealkylation sites (tertiary alicyclic amines) is 1. The number of aromatic nitrogens is 1. The molecule has 2 N–H and O–H groups in total. The minimum absolute atomic E-state index is 0.189. The minimum Gasteiger partial charge on any atom is -0.481 e. The number of aryl methyl sites for hydroxylation is 2. The lowest BCUT2D eigenvalue weighted by molar-refractivity contribution is -0.0688. The lowest BCUT2D eigenvalue weighted by atomic mass is 9.93. The van der Waals surface area contributed by atoms with E-state index in [9.17, 15) is 10.2 Å². The van der Waals surface area contributed by atoms with Crippen LogP contribution in [-0.4, -0.2) is 52.5 Å². The highest BCUT2D eigenvalue weighted by Gasteiger charge is 2.33. The van der Waals surface area contributed by atoms with Crippen molar-refractivity contribution < 1.29 is 14.9 Å². The smallest absolute Gasteiger partial charge is 0.218 e. The van der Waals surface area contributed by atoms with Crippen LogP contribution >= 0.6 is 0 Å². The predicted molar refractivity (Wildman–Crippen MR) is 76.8 cm³/mol. The highest BCUT2D eigenvalue weighted by atomic mass is 16.5. The van der Waals surface area contributed by atoms with E-state index in [1.54, 1.807) is 7.11 Å². The average Bonchev–Trinajstić information content (AvgIpc) is 2.41. The average molecular weight is 280 g/mol. The van der Waals surface area contributed by atoms with Crippen LogP contribution in [-0.2, 0) is 6.54 Å². The summed E-state index contributed by atoms with van der Waals surface area (Å²) in [7, 11) is 1.63. The van der Waals surface area contributed by atoms with E-state index < -0.39 is 5.60 Å². The number of aliphatic hydroxyl groups excluding tert-OH is 1. The summed E-state index contributed by atoms with van der Waals surface area (Å²) >= 11 is 0. The van der Waals surface area contributed by atoms with Crippen molar-refractivity contribution in [1.29, 1.82) is 0 Å². The maximum absolute atomic E-state index is 10.2. The maximum atomic E-state index is 10.2. The summed E-state index contributed by atoms with van der Waals surface area (Å²) in [4.78, 5) is 6.57. The molecule has 1 aliphatic heterocycles. The molecule has 5 heteroatoms. The zero-order valence-electron chi connectivity index (χ0n) is 12.5. The van der Waals surface area contributed by atoms with E-state index in [2.05, 4.69) is 16.8 Å². The Morgan fingerprint density at radius 2 is 2.20 bits per heavy atom. The van der Waals surface area contributed by atoms with Crippen molar-refractivity contribution >= 4 is 0 Å². The summed E-state index contributed by atoms with van der Waals surface area (Å²) in [5.41, 5.74) is 2.17. The molecule has 112 valence electrons. The van der Waals surface area contributed by atoms with Crippen molar-refractivity contribution in [2.75, 3.05) is 26.8 Å². The zero-order chi connectivity index (χ0) is 14.8. The Morgan fingerprint density at radius 3 is 2.85 bits per heavy atom. The third-order valence-electron chi connectivity index (χ3n) is 3.94. The Balaban J connectivity index is 2.17. The molecule has 1 aliphatic rings. The number of hydrogen-bond acceptors (Lipinski definition) is 5. The molecule has 2 rings (SSSR count). The van der Waals surface area contributed by atoms with Crippen LogP contribution in [0.3, 0.4) is 0 Å². The summed E-state index contributed by atoms with van der Waals surface area (Å²) in [6.07, 6.45) is 1.54. The first-order chi connectivity index (χ1) is 9.47. The van der Waals surface area contributed by atoms with Gasteiger partial charge in [-0.25, -0.2) is 4.98 Å². The highest BCUT2D eigenvalue weighted by Crippen LogP contribution is 2.26. The molecule has 0 saturated carbocycles. The van der Waals surface area contributed by atoms with Gasteiger partial charge in [-0.05, 0) is 44.9 Å². The van der Waals surface area contributed by atoms with Gasteiger partial charge in [-0.3, -0.25) is 4.90 Å². The van der Waals surface area contributed by atoms with Crippen molar-refractivity contribution in [3.8, 4) is 5.88 Å². The molecule has 0 amide bonds. The highest BCUT2D eigenvalue weighted by molar-refractivity contribution is 5.35. The molecule has 1 atom stereocenters. The van der Waals surface area contributed by atoms with E-state index in [0.717, 1.165) is 29.8 Å². The van der Waals surface area contributed by atoms with Gasteiger partial charge in [0.15, 0.2) is 0 Å². The number of methoxy groups -OCH3 is 1. The lowest BCUT2D eigenvalue weighted by Gasteiger charge is -2.38. The number of hydrogen-bond donors (Lipinski definition) is 2. The number of ether oxygens (including phenoxy) is 1. The first-order valence-corrected chi connectivity index (χ1v) is 7.04. The van der Waals surface area contributed by atoms with Gasteiger partial charge < -0.3 is 14.9 Å². The van der Waals surface area contributed by atoms with Gasteiger partial charge in [-0.1, -0.05) is 0 Å². The number of piperidine rings is 1. The van der Waals surface area contributed by atoms with Crippen LogP contribution < -0.4 is 4.74 Å². The van der Waals surface area contributed by atoms with Crippen molar-refractivity contribution in [3.63, 3.8) is 0 Å². The SMILES string of the molecule is COc1nc(C)cc(C)c1CN1CCCC(O)(CO)C1. The maximum Gasteiger partial charge on any atom is 0.218 e. The number of pyridine rings is 1. The van der Waals surface area contributed by atoms with Crippen molar-refractivity contribution in [1.82, 2.24) is 9.88 Å². The van der Waals surface area contributed by atoms with E-state index in [1.165, 1.54) is 0 Å². The van der Waals surface area contributed by atoms with Gasteiger partial charge in [0.1, 0.15) is 5.60 Å². The minimum atomic E-state index is -0.975. The summed E-state index contributed by atoms with van der Waals surface area (Å²) in [6.45, 7) is 5.90. The molecule has 1 fully saturated rings. The molecule has 0 spiro atoms. The van der Waals surface area contributed by atoms with Crippen LogP contribution in [0, 0.1) is 13.8 Å². The number of aliphatic hydroxyl groups is 2.